The van der Waals surface area contributed by atoms with E-state index in [2.05, 4.69) is 26.4 Å². The summed E-state index contributed by atoms with van der Waals surface area (Å²) in [5, 5.41) is 14.7. The van der Waals surface area contributed by atoms with E-state index in [1.807, 2.05) is 13.8 Å². The topological polar surface area (TPSA) is 96.9 Å². The lowest BCUT2D eigenvalue weighted by Crippen LogP contribution is -2.46. The number of hydrogen-bond donors (Lipinski definition) is 3. The van der Waals surface area contributed by atoms with Crippen LogP contribution in [0.3, 0.4) is 0 Å². The maximum atomic E-state index is 12.6. The third kappa shape index (κ3) is 3.66. The highest BCUT2D eigenvalue weighted by Gasteiger charge is 2.39. The molecule has 6 nitrogen and oxygen atoms in total. The number of nitrogens with zero attached hydrogens (tertiary/aromatic N) is 1. The van der Waals surface area contributed by atoms with Gasteiger partial charge in [-0.05, 0) is 25.0 Å². The van der Waals surface area contributed by atoms with Crippen LogP contribution in [-0.2, 0) is 4.79 Å². The van der Waals surface area contributed by atoms with Gasteiger partial charge < -0.3 is 21.0 Å². The van der Waals surface area contributed by atoms with Gasteiger partial charge in [-0.3, -0.25) is 4.79 Å². The van der Waals surface area contributed by atoms with Crippen molar-refractivity contribution in [1.29, 1.82) is 0 Å². The number of oxime groups is 1. The highest BCUT2D eigenvalue weighted by Crippen LogP contribution is 2.30. The van der Waals surface area contributed by atoms with Gasteiger partial charge in [-0.1, -0.05) is 34.9 Å². The second kappa shape index (κ2) is 7.31. The van der Waals surface area contributed by atoms with Crippen molar-refractivity contribution in [2.75, 3.05) is 12.4 Å². The summed E-state index contributed by atoms with van der Waals surface area (Å²) in [7, 11) is 1.55. The number of amides is 1. The zero-order chi connectivity index (χ0) is 16.0. The molecule has 0 atom stereocenters. The number of halogens is 1. The minimum atomic E-state index is -1.04. The Morgan fingerprint density at radius 2 is 2.05 bits per heavy atom. The highest BCUT2D eigenvalue weighted by atomic mass is 79.9. The summed E-state index contributed by atoms with van der Waals surface area (Å²) in [5.74, 6) is 0.206. The van der Waals surface area contributed by atoms with Gasteiger partial charge in [0.2, 0.25) is 5.91 Å². The van der Waals surface area contributed by atoms with Gasteiger partial charge in [0.25, 0.3) is 0 Å². The van der Waals surface area contributed by atoms with E-state index in [1.165, 1.54) is 0 Å². The summed E-state index contributed by atoms with van der Waals surface area (Å²) in [6, 6.07) is 5.24. The lowest BCUT2D eigenvalue weighted by molar-refractivity contribution is -0.122. The van der Waals surface area contributed by atoms with E-state index in [0.29, 0.717) is 24.3 Å². The van der Waals surface area contributed by atoms with E-state index < -0.39 is 5.41 Å². The first-order valence-electron chi connectivity index (χ1n) is 6.57. The molecule has 7 heteroatoms. The molecular formula is C14H20BrN3O3. The van der Waals surface area contributed by atoms with E-state index >= 15 is 0 Å². The maximum absolute atomic E-state index is 12.6. The number of nitrogens with one attached hydrogen (secondary N) is 1. The van der Waals surface area contributed by atoms with Gasteiger partial charge in [0.15, 0.2) is 5.84 Å². The van der Waals surface area contributed by atoms with E-state index in [4.69, 9.17) is 15.7 Å². The van der Waals surface area contributed by atoms with Crippen molar-refractivity contribution in [1.82, 2.24) is 0 Å². The Morgan fingerprint density at radius 1 is 1.43 bits per heavy atom. The lowest BCUT2D eigenvalue weighted by Gasteiger charge is -2.28. The van der Waals surface area contributed by atoms with Crippen LogP contribution in [-0.4, -0.2) is 24.1 Å². The summed E-state index contributed by atoms with van der Waals surface area (Å²) in [6.07, 6.45) is 0.854. The number of carbonyl (C=O) groups is 1. The summed E-state index contributed by atoms with van der Waals surface area (Å²) >= 11 is 3.35. The minimum Gasteiger partial charge on any atom is -0.497 e. The SMILES string of the molecule is CCC(CC)(C(=O)Nc1cc(Br)cc(OC)c1)/C(N)=N/O. The molecule has 4 N–H and O–H groups in total. The van der Waals surface area contributed by atoms with Crippen molar-refractivity contribution < 1.29 is 14.7 Å². The average molecular weight is 358 g/mol. The predicted octanol–water partition coefficient (Wildman–Crippen LogP) is 2.95. The Bertz CT molecular complexity index is 542. The van der Waals surface area contributed by atoms with Crippen LogP contribution in [0, 0.1) is 5.41 Å². The quantitative estimate of drug-likeness (QED) is 0.315. The molecule has 1 aromatic carbocycles. The number of methoxy groups -OCH3 is 1. The van der Waals surface area contributed by atoms with Crippen LogP contribution in [0.5, 0.6) is 5.75 Å². The second-order valence-corrected chi connectivity index (χ2v) is 5.52. The fraction of sp³-hybridized carbons (Fsp3) is 0.429. The highest BCUT2D eigenvalue weighted by molar-refractivity contribution is 9.10. The fourth-order valence-corrected chi connectivity index (χ4v) is 2.62. The minimum absolute atomic E-state index is 0.0908. The van der Waals surface area contributed by atoms with Gasteiger partial charge in [0, 0.05) is 16.2 Å². The van der Waals surface area contributed by atoms with Crippen molar-refractivity contribution in [3.05, 3.63) is 22.7 Å². The zero-order valence-corrected chi connectivity index (χ0v) is 13.9. The van der Waals surface area contributed by atoms with Crippen molar-refractivity contribution >= 4 is 33.4 Å². The Labute approximate surface area is 132 Å². The molecule has 0 aliphatic rings. The summed E-state index contributed by atoms with van der Waals surface area (Å²) in [5.41, 5.74) is 5.25. The molecule has 21 heavy (non-hydrogen) atoms. The molecule has 0 saturated heterocycles. The largest absolute Gasteiger partial charge is 0.497 e. The third-order valence-electron chi connectivity index (χ3n) is 3.60. The Hall–Kier alpha value is -1.76. The summed E-state index contributed by atoms with van der Waals surface area (Å²) in [6.45, 7) is 3.64. The van der Waals surface area contributed by atoms with E-state index in [0.717, 1.165) is 4.47 Å². The van der Waals surface area contributed by atoms with Crippen LogP contribution in [0.1, 0.15) is 26.7 Å². The van der Waals surface area contributed by atoms with Crippen molar-refractivity contribution in [3.63, 3.8) is 0 Å². The molecule has 0 unspecified atom stereocenters. The predicted molar refractivity (Wildman–Crippen MR) is 85.7 cm³/mol. The van der Waals surface area contributed by atoms with Gasteiger partial charge in [-0.2, -0.15) is 0 Å². The molecule has 0 fully saturated rings. The van der Waals surface area contributed by atoms with Crippen LogP contribution in [0.2, 0.25) is 0 Å². The van der Waals surface area contributed by atoms with Crippen LogP contribution in [0.15, 0.2) is 27.8 Å². The third-order valence-corrected chi connectivity index (χ3v) is 4.06. The standard InChI is InChI=1S/C14H20BrN3O3/c1-4-14(5-2,12(16)18-20)13(19)17-10-6-9(15)7-11(8-10)21-3/h6-8,20H,4-5H2,1-3H3,(H2,16,18)(H,17,19). The number of hydrogen-bond acceptors (Lipinski definition) is 4. The molecule has 1 aromatic rings. The first-order valence-corrected chi connectivity index (χ1v) is 7.36. The molecule has 0 aromatic heterocycles. The summed E-state index contributed by atoms with van der Waals surface area (Å²) < 4.78 is 5.93. The van der Waals surface area contributed by atoms with E-state index in [9.17, 15) is 4.79 Å². The van der Waals surface area contributed by atoms with E-state index in [1.54, 1.807) is 25.3 Å². The van der Waals surface area contributed by atoms with E-state index in [-0.39, 0.29) is 11.7 Å². The first-order chi connectivity index (χ1) is 9.93. The van der Waals surface area contributed by atoms with Crippen LogP contribution in [0.25, 0.3) is 0 Å². The molecule has 0 saturated carbocycles. The first kappa shape index (κ1) is 17.3. The Balaban J connectivity index is 3.11. The van der Waals surface area contributed by atoms with Crippen LogP contribution < -0.4 is 15.8 Å². The normalized spacial score (nSPS) is 12.1. The molecule has 0 aliphatic carbocycles. The molecule has 1 rings (SSSR count). The number of anilines is 1. The van der Waals surface area contributed by atoms with Gasteiger partial charge in [0.05, 0.1) is 7.11 Å². The lowest BCUT2D eigenvalue weighted by atomic mass is 9.80. The van der Waals surface area contributed by atoms with Gasteiger partial charge in [-0.15, -0.1) is 0 Å². The van der Waals surface area contributed by atoms with Crippen molar-refractivity contribution in [2.45, 2.75) is 26.7 Å². The molecule has 0 aliphatic heterocycles. The monoisotopic (exact) mass is 357 g/mol. The Morgan fingerprint density at radius 3 is 2.52 bits per heavy atom. The smallest absolute Gasteiger partial charge is 0.238 e. The average Bonchev–Trinajstić information content (AvgIpc) is 2.47. The number of amidine groups is 1. The zero-order valence-electron chi connectivity index (χ0n) is 12.3. The molecule has 0 spiro atoms. The number of carbonyl (C=O) groups excluding carboxylic acids is 1. The molecular weight excluding hydrogens is 338 g/mol. The number of rotatable bonds is 6. The number of ether oxygens (including phenoxy) is 1. The van der Waals surface area contributed by atoms with Crippen LogP contribution >= 0.6 is 15.9 Å². The maximum Gasteiger partial charge on any atom is 0.238 e. The number of benzene rings is 1. The second-order valence-electron chi connectivity index (χ2n) is 4.61. The van der Waals surface area contributed by atoms with Gasteiger partial charge >= 0.3 is 0 Å². The fourth-order valence-electron chi connectivity index (χ4n) is 2.15. The molecule has 0 heterocycles. The van der Waals surface area contributed by atoms with Crippen molar-refractivity contribution in [3.8, 4) is 5.75 Å². The van der Waals surface area contributed by atoms with Gasteiger partial charge in [0.1, 0.15) is 11.2 Å². The summed E-state index contributed by atoms with van der Waals surface area (Å²) in [4.78, 5) is 12.6. The molecule has 0 bridgehead atoms. The van der Waals surface area contributed by atoms with Gasteiger partial charge in [-0.25, -0.2) is 0 Å². The molecule has 1 amide bonds. The molecule has 0 radical (unpaired) electrons. The van der Waals surface area contributed by atoms with Crippen LogP contribution in [0.4, 0.5) is 5.69 Å². The Kier molecular flexibility index (Phi) is 6.02. The van der Waals surface area contributed by atoms with Crippen molar-refractivity contribution in [2.24, 2.45) is 16.3 Å². The molecule has 116 valence electrons. The number of nitrogens with two attached hydrogens (primary N) is 1.